The predicted molar refractivity (Wildman–Crippen MR) is 77.5 cm³/mol. The van der Waals surface area contributed by atoms with Gasteiger partial charge in [-0.05, 0) is 60.5 Å². The molecule has 0 aliphatic rings. The number of aryl methyl sites for hydroxylation is 1. The summed E-state index contributed by atoms with van der Waals surface area (Å²) in [6.07, 6.45) is 1.62. The summed E-state index contributed by atoms with van der Waals surface area (Å²) in [5.74, 6) is -0.709. The number of phenols is 1. The predicted octanol–water partition coefficient (Wildman–Crippen LogP) is 2.84. The van der Waals surface area contributed by atoms with E-state index in [1.807, 2.05) is 13.0 Å². The summed E-state index contributed by atoms with van der Waals surface area (Å²) in [6, 6.07) is 11.5. The summed E-state index contributed by atoms with van der Waals surface area (Å²) in [5, 5.41) is 22.2. The van der Waals surface area contributed by atoms with Gasteiger partial charge >= 0.3 is 5.97 Å². The van der Waals surface area contributed by atoms with Crippen LogP contribution in [0.5, 0.6) is 5.75 Å². The van der Waals surface area contributed by atoms with Crippen LogP contribution in [0, 0.1) is 6.92 Å². The maximum atomic E-state index is 10.7. The quantitative estimate of drug-likeness (QED) is 0.589. The Morgan fingerprint density at radius 2 is 1.90 bits per heavy atom. The van der Waals surface area contributed by atoms with E-state index in [1.165, 1.54) is 12.1 Å². The molecule has 0 aliphatic heterocycles. The topological polar surface area (TPSA) is 81.9 Å². The van der Waals surface area contributed by atoms with Gasteiger partial charge in [-0.25, -0.2) is 4.79 Å². The Bertz CT molecular complexity index is 649. The number of phenolic OH excluding ortho intramolecular Hbond substituents is 1. The molecule has 0 radical (unpaired) electrons. The number of carboxylic acids is 1. The van der Waals surface area contributed by atoms with E-state index in [0.717, 1.165) is 11.1 Å². The number of anilines is 1. The van der Waals surface area contributed by atoms with Crippen LogP contribution in [0.3, 0.4) is 0 Å². The van der Waals surface area contributed by atoms with Crippen molar-refractivity contribution in [3.63, 3.8) is 0 Å². The molecule has 5 nitrogen and oxygen atoms in total. The van der Waals surface area contributed by atoms with E-state index in [2.05, 4.69) is 10.5 Å². The first-order valence-electron chi connectivity index (χ1n) is 5.98. The van der Waals surface area contributed by atoms with Crippen LogP contribution in [0.25, 0.3) is 0 Å². The normalized spacial score (nSPS) is 10.7. The Labute approximate surface area is 116 Å². The lowest BCUT2D eigenvalue weighted by Crippen LogP contribution is -1.96. The molecule has 0 saturated carbocycles. The Morgan fingerprint density at radius 3 is 2.50 bits per heavy atom. The van der Waals surface area contributed by atoms with Crippen molar-refractivity contribution in [2.45, 2.75) is 6.92 Å². The molecule has 0 heterocycles. The molecule has 5 heteroatoms. The molecule has 0 aromatic heterocycles. The van der Waals surface area contributed by atoms with Crippen molar-refractivity contribution in [1.82, 2.24) is 0 Å². The number of carbonyl (C=O) groups is 1. The molecule has 0 aliphatic carbocycles. The number of hydrogen-bond donors (Lipinski definition) is 3. The average molecular weight is 270 g/mol. The van der Waals surface area contributed by atoms with Crippen LogP contribution < -0.4 is 5.43 Å². The number of carboxylic acid groups (broad SMARTS) is 1. The Hall–Kier alpha value is -2.82. The number of rotatable bonds is 4. The highest BCUT2D eigenvalue weighted by atomic mass is 16.4. The summed E-state index contributed by atoms with van der Waals surface area (Å²) in [4.78, 5) is 10.7. The zero-order chi connectivity index (χ0) is 14.5. The fourth-order valence-corrected chi connectivity index (χ4v) is 1.63. The van der Waals surface area contributed by atoms with Crippen molar-refractivity contribution >= 4 is 17.9 Å². The van der Waals surface area contributed by atoms with Crippen molar-refractivity contribution in [2.75, 3.05) is 5.43 Å². The lowest BCUT2D eigenvalue weighted by molar-refractivity contribution is 0.0697. The fourth-order valence-electron chi connectivity index (χ4n) is 1.63. The van der Waals surface area contributed by atoms with Gasteiger partial charge in [0.25, 0.3) is 0 Å². The van der Waals surface area contributed by atoms with Gasteiger partial charge in [0, 0.05) is 0 Å². The molecule has 0 fully saturated rings. The third kappa shape index (κ3) is 3.35. The highest BCUT2D eigenvalue weighted by molar-refractivity contribution is 5.88. The molecular weight excluding hydrogens is 256 g/mol. The second kappa shape index (κ2) is 5.88. The minimum Gasteiger partial charge on any atom is -0.508 e. The van der Waals surface area contributed by atoms with E-state index in [0.29, 0.717) is 5.69 Å². The first-order chi connectivity index (χ1) is 9.56. The van der Waals surface area contributed by atoms with Crippen LogP contribution in [0.1, 0.15) is 21.5 Å². The molecule has 0 unspecified atom stereocenters. The van der Waals surface area contributed by atoms with Crippen LogP contribution in [-0.2, 0) is 0 Å². The van der Waals surface area contributed by atoms with Gasteiger partial charge < -0.3 is 10.2 Å². The summed E-state index contributed by atoms with van der Waals surface area (Å²) in [6.45, 7) is 1.81. The maximum Gasteiger partial charge on any atom is 0.335 e. The number of aromatic hydroxyl groups is 1. The first kappa shape index (κ1) is 13.6. The second-order valence-electron chi connectivity index (χ2n) is 4.30. The smallest absolute Gasteiger partial charge is 0.335 e. The first-order valence-corrected chi connectivity index (χ1v) is 5.98. The van der Waals surface area contributed by atoms with E-state index in [-0.39, 0.29) is 11.3 Å². The van der Waals surface area contributed by atoms with Crippen molar-refractivity contribution < 1.29 is 15.0 Å². The van der Waals surface area contributed by atoms with Crippen molar-refractivity contribution in [2.24, 2.45) is 5.10 Å². The van der Waals surface area contributed by atoms with E-state index >= 15 is 0 Å². The number of nitrogens with zero attached hydrogens (tertiary/aromatic N) is 1. The van der Waals surface area contributed by atoms with E-state index in [9.17, 15) is 9.90 Å². The van der Waals surface area contributed by atoms with Crippen LogP contribution >= 0.6 is 0 Å². The molecule has 0 spiro atoms. The van der Waals surface area contributed by atoms with Crippen molar-refractivity contribution in [3.8, 4) is 5.75 Å². The Balaban J connectivity index is 2.02. The lowest BCUT2D eigenvalue weighted by atomic mass is 10.1. The Kier molecular flexibility index (Phi) is 4.00. The van der Waals surface area contributed by atoms with Gasteiger partial charge in [-0.3, -0.25) is 5.43 Å². The van der Waals surface area contributed by atoms with Gasteiger partial charge in [0.05, 0.1) is 17.5 Å². The number of aromatic carboxylic acids is 1. The summed E-state index contributed by atoms with van der Waals surface area (Å²) < 4.78 is 0. The molecular formula is C15H14N2O3. The summed E-state index contributed by atoms with van der Waals surface area (Å²) in [5.41, 5.74) is 5.37. The van der Waals surface area contributed by atoms with Gasteiger partial charge in [-0.2, -0.15) is 5.10 Å². The standard InChI is InChI=1S/C15H14N2O3/c1-10-8-11(2-7-14(10)18)9-16-17-13-5-3-12(4-6-13)15(19)20/h2-9,17-18H,1H3,(H,19,20)/b16-9+. The van der Waals surface area contributed by atoms with Gasteiger partial charge in [0.1, 0.15) is 5.75 Å². The monoisotopic (exact) mass is 270 g/mol. The molecule has 2 aromatic carbocycles. The van der Waals surface area contributed by atoms with Crippen LogP contribution in [0.15, 0.2) is 47.6 Å². The van der Waals surface area contributed by atoms with Crippen LogP contribution in [0.4, 0.5) is 5.69 Å². The molecule has 2 aromatic rings. The minimum absolute atomic E-state index is 0.230. The van der Waals surface area contributed by atoms with Gasteiger partial charge in [0.2, 0.25) is 0 Å². The summed E-state index contributed by atoms with van der Waals surface area (Å²) >= 11 is 0. The van der Waals surface area contributed by atoms with E-state index in [4.69, 9.17) is 5.11 Å². The molecule has 3 N–H and O–H groups in total. The van der Waals surface area contributed by atoms with Gasteiger partial charge in [0.15, 0.2) is 0 Å². The highest BCUT2D eigenvalue weighted by Gasteiger charge is 2.00. The van der Waals surface area contributed by atoms with E-state index < -0.39 is 5.97 Å². The molecule has 0 amide bonds. The molecule has 20 heavy (non-hydrogen) atoms. The largest absolute Gasteiger partial charge is 0.508 e. The number of nitrogens with one attached hydrogen (secondary N) is 1. The summed E-state index contributed by atoms with van der Waals surface area (Å²) in [7, 11) is 0. The van der Waals surface area contributed by atoms with Crippen molar-refractivity contribution in [1.29, 1.82) is 0 Å². The average Bonchev–Trinajstić information content (AvgIpc) is 2.43. The third-order valence-electron chi connectivity index (χ3n) is 2.76. The third-order valence-corrected chi connectivity index (χ3v) is 2.76. The molecule has 2 rings (SSSR count). The van der Waals surface area contributed by atoms with Crippen molar-refractivity contribution in [3.05, 3.63) is 59.2 Å². The molecule has 0 saturated heterocycles. The second-order valence-corrected chi connectivity index (χ2v) is 4.30. The molecule has 102 valence electrons. The molecule has 0 bridgehead atoms. The van der Waals surface area contributed by atoms with E-state index in [1.54, 1.807) is 30.5 Å². The van der Waals surface area contributed by atoms with Crippen LogP contribution in [0.2, 0.25) is 0 Å². The fraction of sp³-hybridized carbons (Fsp3) is 0.0667. The van der Waals surface area contributed by atoms with Gasteiger partial charge in [-0.1, -0.05) is 0 Å². The lowest BCUT2D eigenvalue weighted by Gasteiger charge is -2.02. The zero-order valence-electron chi connectivity index (χ0n) is 10.9. The minimum atomic E-state index is -0.959. The number of benzene rings is 2. The number of hydrogen-bond acceptors (Lipinski definition) is 4. The number of hydrazone groups is 1. The van der Waals surface area contributed by atoms with Crippen LogP contribution in [-0.4, -0.2) is 22.4 Å². The SMILES string of the molecule is Cc1cc(/C=N/Nc2ccc(C(=O)O)cc2)ccc1O. The van der Waals surface area contributed by atoms with Gasteiger partial charge in [-0.15, -0.1) is 0 Å². The Morgan fingerprint density at radius 1 is 1.20 bits per heavy atom. The maximum absolute atomic E-state index is 10.7. The highest BCUT2D eigenvalue weighted by Crippen LogP contribution is 2.16. The zero-order valence-corrected chi connectivity index (χ0v) is 10.9. The molecule has 0 atom stereocenters.